The van der Waals surface area contributed by atoms with Crippen molar-refractivity contribution in [3.8, 4) is 0 Å². The highest BCUT2D eigenvalue weighted by atomic mass is 16.2. The lowest BCUT2D eigenvalue weighted by Crippen LogP contribution is -2.15. The monoisotopic (exact) mass is 189 g/mol. The van der Waals surface area contributed by atoms with Crippen molar-refractivity contribution >= 4 is 17.3 Å². The summed E-state index contributed by atoms with van der Waals surface area (Å²) < 4.78 is 0. The van der Waals surface area contributed by atoms with E-state index in [1.807, 2.05) is 26.0 Å². The highest BCUT2D eigenvalue weighted by Gasteiger charge is 2.27. The van der Waals surface area contributed by atoms with Crippen LogP contribution >= 0.6 is 0 Å². The lowest BCUT2D eigenvalue weighted by Gasteiger charge is -2.03. The van der Waals surface area contributed by atoms with Crippen LogP contribution in [0.1, 0.15) is 16.7 Å². The highest BCUT2D eigenvalue weighted by molar-refractivity contribution is 6.53. The first-order valence-corrected chi connectivity index (χ1v) is 4.34. The molecule has 0 saturated carbocycles. The number of fused-ring (bicyclic) bond motifs is 1. The van der Waals surface area contributed by atoms with Gasteiger partial charge in [-0.25, -0.2) is 0 Å². The van der Waals surface area contributed by atoms with Gasteiger partial charge in [0.25, 0.3) is 5.91 Å². The standard InChI is InChI=1S/C10H11N3O/c1-5-3-6(2)8-7(4-5)9(13-11)10(14)12-8/h3-4H,11H2,1-2H3,(H,12,13,14). The van der Waals surface area contributed by atoms with E-state index in [0.717, 1.165) is 22.4 Å². The molecule has 1 amide bonds. The van der Waals surface area contributed by atoms with Gasteiger partial charge in [0.05, 0.1) is 5.69 Å². The third kappa shape index (κ3) is 1.08. The van der Waals surface area contributed by atoms with E-state index < -0.39 is 0 Å². The Morgan fingerprint density at radius 3 is 2.71 bits per heavy atom. The molecule has 4 heteroatoms. The van der Waals surface area contributed by atoms with Crippen LogP contribution in [0.25, 0.3) is 0 Å². The molecule has 0 atom stereocenters. The topological polar surface area (TPSA) is 67.5 Å². The first-order valence-electron chi connectivity index (χ1n) is 4.34. The maximum absolute atomic E-state index is 11.4. The zero-order chi connectivity index (χ0) is 10.3. The van der Waals surface area contributed by atoms with E-state index in [-0.39, 0.29) is 5.91 Å². The maximum Gasteiger partial charge on any atom is 0.276 e. The Hall–Kier alpha value is -1.84. The molecule has 3 N–H and O–H groups in total. The number of nitrogens with two attached hydrogens (primary N) is 1. The number of carbonyl (C=O) groups excluding carboxylic acids is 1. The Labute approximate surface area is 81.8 Å². The van der Waals surface area contributed by atoms with E-state index in [0.29, 0.717) is 5.71 Å². The second-order valence-corrected chi connectivity index (χ2v) is 3.44. The molecule has 1 aliphatic rings. The molecular formula is C10H11N3O. The number of benzene rings is 1. The lowest BCUT2D eigenvalue weighted by atomic mass is 10.0. The van der Waals surface area contributed by atoms with Crippen LogP contribution in [0.3, 0.4) is 0 Å². The predicted molar refractivity (Wildman–Crippen MR) is 55.3 cm³/mol. The van der Waals surface area contributed by atoms with Gasteiger partial charge < -0.3 is 11.2 Å². The number of hydrogen-bond acceptors (Lipinski definition) is 3. The van der Waals surface area contributed by atoms with E-state index in [4.69, 9.17) is 5.84 Å². The average molecular weight is 189 g/mol. The smallest absolute Gasteiger partial charge is 0.276 e. The molecule has 72 valence electrons. The molecule has 1 aliphatic heterocycles. The summed E-state index contributed by atoms with van der Waals surface area (Å²) in [6.07, 6.45) is 0. The third-order valence-electron chi connectivity index (χ3n) is 2.32. The van der Waals surface area contributed by atoms with Gasteiger partial charge >= 0.3 is 0 Å². The van der Waals surface area contributed by atoms with Gasteiger partial charge in [0.15, 0.2) is 5.71 Å². The van der Waals surface area contributed by atoms with Crippen LogP contribution in [0.2, 0.25) is 0 Å². The number of nitrogens with zero attached hydrogens (tertiary/aromatic N) is 1. The molecule has 0 fully saturated rings. The minimum atomic E-state index is -0.226. The van der Waals surface area contributed by atoms with Gasteiger partial charge in [0.2, 0.25) is 0 Å². The average Bonchev–Trinajstić information content (AvgIpc) is 2.41. The zero-order valence-corrected chi connectivity index (χ0v) is 8.09. The van der Waals surface area contributed by atoms with Gasteiger partial charge in [-0.05, 0) is 25.5 Å². The van der Waals surface area contributed by atoms with E-state index in [9.17, 15) is 4.79 Å². The molecule has 0 aromatic heterocycles. The molecule has 1 heterocycles. The second kappa shape index (κ2) is 2.83. The lowest BCUT2D eigenvalue weighted by molar-refractivity contribution is -0.110. The quantitative estimate of drug-likeness (QED) is 0.470. The minimum absolute atomic E-state index is 0.226. The molecule has 1 aromatic rings. The van der Waals surface area contributed by atoms with Crippen molar-refractivity contribution in [1.82, 2.24) is 0 Å². The molecule has 0 bridgehead atoms. The minimum Gasteiger partial charge on any atom is -0.322 e. The van der Waals surface area contributed by atoms with Crippen LogP contribution in [0.4, 0.5) is 5.69 Å². The van der Waals surface area contributed by atoms with E-state index >= 15 is 0 Å². The molecule has 0 saturated heterocycles. The Morgan fingerprint density at radius 1 is 1.36 bits per heavy atom. The number of hydrazone groups is 1. The number of amides is 1. The Kier molecular flexibility index (Phi) is 1.77. The SMILES string of the molecule is Cc1cc(C)c2c(c1)/C(=N/N)C(=O)N2. The summed E-state index contributed by atoms with van der Waals surface area (Å²) in [6.45, 7) is 3.93. The van der Waals surface area contributed by atoms with Crippen LogP contribution < -0.4 is 11.2 Å². The summed E-state index contributed by atoms with van der Waals surface area (Å²) in [7, 11) is 0. The number of carbonyl (C=O) groups is 1. The van der Waals surface area contributed by atoms with Crippen molar-refractivity contribution in [2.24, 2.45) is 10.9 Å². The summed E-state index contributed by atoms with van der Waals surface area (Å²) >= 11 is 0. The van der Waals surface area contributed by atoms with Crippen molar-refractivity contribution in [1.29, 1.82) is 0 Å². The molecule has 2 rings (SSSR count). The fourth-order valence-corrected chi connectivity index (χ4v) is 1.74. The Bertz CT molecular complexity index is 449. The first kappa shape index (κ1) is 8.74. The normalized spacial score (nSPS) is 17.0. The zero-order valence-electron chi connectivity index (χ0n) is 8.09. The third-order valence-corrected chi connectivity index (χ3v) is 2.32. The summed E-state index contributed by atoms with van der Waals surface area (Å²) in [5.41, 5.74) is 4.07. The summed E-state index contributed by atoms with van der Waals surface area (Å²) in [6, 6.07) is 3.92. The summed E-state index contributed by atoms with van der Waals surface area (Å²) in [4.78, 5) is 11.4. The Morgan fingerprint density at radius 2 is 2.07 bits per heavy atom. The second-order valence-electron chi connectivity index (χ2n) is 3.44. The van der Waals surface area contributed by atoms with Gasteiger partial charge in [-0.3, -0.25) is 4.79 Å². The van der Waals surface area contributed by atoms with Crippen molar-refractivity contribution < 1.29 is 4.79 Å². The van der Waals surface area contributed by atoms with Crippen LogP contribution in [-0.4, -0.2) is 11.6 Å². The molecule has 0 radical (unpaired) electrons. The molecular weight excluding hydrogens is 178 g/mol. The molecule has 0 unspecified atom stereocenters. The van der Waals surface area contributed by atoms with Crippen molar-refractivity contribution in [3.63, 3.8) is 0 Å². The number of rotatable bonds is 0. The molecule has 4 nitrogen and oxygen atoms in total. The van der Waals surface area contributed by atoms with E-state index in [1.54, 1.807) is 0 Å². The van der Waals surface area contributed by atoms with Gasteiger partial charge in [-0.2, -0.15) is 5.10 Å². The summed E-state index contributed by atoms with van der Waals surface area (Å²) in [5.74, 6) is 4.94. The number of hydrogen-bond donors (Lipinski definition) is 2. The van der Waals surface area contributed by atoms with Gasteiger partial charge in [-0.15, -0.1) is 0 Å². The number of aryl methyl sites for hydroxylation is 2. The van der Waals surface area contributed by atoms with Gasteiger partial charge in [0, 0.05) is 5.56 Å². The predicted octanol–water partition coefficient (Wildman–Crippen LogP) is 0.918. The van der Waals surface area contributed by atoms with Crippen molar-refractivity contribution in [2.75, 3.05) is 5.32 Å². The number of nitrogens with one attached hydrogen (secondary N) is 1. The van der Waals surface area contributed by atoms with Crippen LogP contribution in [0, 0.1) is 13.8 Å². The Balaban J connectivity index is 2.71. The van der Waals surface area contributed by atoms with Gasteiger partial charge in [-0.1, -0.05) is 11.6 Å². The van der Waals surface area contributed by atoms with Gasteiger partial charge in [0.1, 0.15) is 0 Å². The number of anilines is 1. The van der Waals surface area contributed by atoms with E-state index in [1.165, 1.54) is 0 Å². The fourth-order valence-electron chi connectivity index (χ4n) is 1.74. The fraction of sp³-hybridized carbons (Fsp3) is 0.200. The summed E-state index contributed by atoms with van der Waals surface area (Å²) in [5, 5.41) is 6.24. The maximum atomic E-state index is 11.4. The van der Waals surface area contributed by atoms with E-state index in [2.05, 4.69) is 10.4 Å². The van der Waals surface area contributed by atoms with Crippen LogP contribution in [-0.2, 0) is 4.79 Å². The highest BCUT2D eigenvalue weighted by Crippen LogP contribution is 2.28. The van der Waals surface area contributed by atoms with Crippen LogP contribution in [0.15, 0.2) is 17.2 Å². The largest absolute Gasteiger partial charge is 0.322 e. The van der Waals surface area contributed by atoms with Crippen molar-refractivity contribution in [3.05, 3.63) is 28.8 Å². The first-order chi connectivity index (χ1) is 6.63. The molecule has 1 aromatic carbocycles. The van der Waals surface area contributed by atoms with Crippen molar-refractivity contribution in [2.45, 2.75) is 13.8 Å². The molecule has 0 spiro atoms. The molecule has 0 aliphatic carbocycles. The van der Waals surface area contributed by atoms with Crippen LogP contribution in [0.5, 0.6) is 0 Å². The molecule has 14 heavy (non-hydrogen) atoms.